The van der Waals surface area contributed by atoms with E-state index in [1.165, 1.54) is 0 Å². The summed E-state index contributed by atoms with van der Waals surface area (Å²) in [6.07, 6.45) is 0. The van der Waals surface area contributed by atoms with Crippen LogP contribution in [0, 0.1) is 5.92 Å². The number of aliphatic hydroxyl groups is 1. The molecule has 0 bridgehead atoms. The summed E-state index contributed by atoms with van der Waals surface area (Å²) >= 11 is -0.958. The van der Waals surface area contributed by atoms with Crippen LogP contribution in [0.4, 0.5) is 0 Å². The highest BCUT2D eigenvalue weighted by Gasteiger charge is 2.43. The van der Waals surface area contributed by atoms with Crippen molar-refractivity contribution < 1.29 is 9.66 Å². The monoisotopic (exact) mass is 232 g/mol. The highest BCUT2D eigenvalue weighted by molar-refractivity contribution is 7.92. The van der Waals surface area contributed by atoms with Crippen molar-refractivity contribution in [2.75, 3.05) is 19.8 Å². The van der Waals surface area contributed by atoms with E-state index in [0.29, 0.717) is 5.75 Å². The van der Waals surface area contributed by atoms with E-state index in [-0.39, 0.29) is 17.2 Å². The van der Waals surface area contributed by atoms with Crippen LogP contribution in [-0.2, 0) is 11.2 Å². The summed E-state index contributed by atoms with van der Waals surface area (Å²) in [5.74, 6) is 1.06. The van der Waals surface area contributed by atoms with Crippen LogP contribution in [0.5, 0.6) is 0 Å². The maximum absolute atomic E-state index is 11.9. The molecule has 0 fully saturated rings. The molecule has 0 amide bonds. The summed E-state index contributed by atoms with van der Waals surface area (Å²) in [6, 6.07) is 0. The van der Waals surface area contributed by atoms with Gasteiger partial charge in [0.1, 0.15) is 5.75 Å². The molecular formula is C10H20N2O2S. The van der Waals surface area contributed by atoms with Gasteiger partial charge in [-0.15, -0.1) is 0 Å². The zero-order valence-corrected chi connectivity index (χ0v) is 10.8. The number of hydrazine groups is 1. The maximum atomic E-state index is 11.9. The van der Waals surface area contributed by atoms with Crippen LogP contribution in [-0.4, -0.2) is 44.9 Å². The molecular weight excluding hydrogens is 212 g/mol. The second-order valence-electron chi connectivity index (χ2n) is 4.05. The van der Waals surface area contributed by atoms with Crippen LogP contribution in [0.2, 0.25) is 0 Å². The van der Waals surface area contributed by atoms with Gasteiger partial charge in [-0.3, -0.25) is 5.01 Å². The van der Waals surface area contributed by atoms with Crippen molar-refractivity contribution in [3.63, 3.8) is 0 Å². The lowest BCUT2D eigenvalue weighted by molar-refractivity contribution is 0.0425. The van der Waals surface area contributed by atoms with Crippen molar-refractivity contribution in [2.45, 2.75) is 26.1 Å². The average Bonchev–Trinajstić information content (AvgIpc) is 2.41. The minimum Gasteiger partial charge on any atom is -0.615 e. The van der Waals surface area contributed by atoms with Gasteiger partial charge in [-0.25, -0.2) is 0 Å². The maximum Gasteiger partial charge on any atom is 0.213 e. The van der Waals surface area contributed by atoms with E-state index >= 15 is 0 Å². The van der Waals surface area contributed by atoms with Crippen molar-refractivity contribution in [1.29, 1.82) is 0 Å². The molecule has 0 radical (unpaired) electrons. The molecule has 88 valence electrons. The highest BCUT2D eigenvalue weighted by Crippen LogP contribution is 2.33. The predicted molar refractivity (Wildman–Crippen MR) is 62.5 cm³/mol. The quantitative estimate of drug-likeness (QED) is 0.745. The average molecular weight is 232 g/mol. The van der Waals surface area contributed by atoms with Crippen molar-refractivity contribution in [3.05, 3.63) is 11.5 Å². The fourth-order valence-corrected chi connectivity index (χ4v) is 3.28. The lowest BCUT2D eigenvalue weighted by Crippen LogP contribution is -2.42. The Labute approximate surface area is 94.7 Å². The Balaban J connectivity index is 3.04. The number of hydrogen-bond acceptors (Lipinski definition) is 4. The topological polar surface area (TPSA) is 49.8 Å². The fourth-order valence-electron chi connectivity index (χ4n) is 1.82. The van der Waals surface area contributed by atoms with E-state index in [9.17, 15) is 9.66 Å². The molecule has 15 heavy (non-hydrogen) atoms. The van der Waals surface area contributed by atoms with Crippen LogP contribution in [0.15, 0.2) is 11.5 Å². The Morgan fingerprint density at radius 2 is 2.00 bits per heavy atom. The lowest BCUT2D eigenvalue weighted by Gasteiger charge is -2.28. The Morgan fingerprint density at radius 1 is 1.47 bits per heavy atom. The first-order valence-electron chi connectivity index (χ1n) is 5.18. The van der Waals surface area contributed by atoms with Crippen LogP contribution >= 0.6 is 0 Å². The lowest BCUT2D eigenvalue weighted by atomic mass is 10.0. The first-order chi connectivity index (χ1) is 6.91. The zero-order valence-electron chi connectivity index (χ0n) is 10.0. The number of nitrogens with zero attached hydrogens (tertiary/aromatic N) is 2. The molecule has 2 atom stereocenters. The van der Waals surface area contributed by atoms with Gasteiger partial charge in [0.25, 0.3) is 0 Å². The van der Waals surface area contributed by atoms with Gasteiger partial charge >= 0.3 is 0 Å². The van der Waals surface area contributed by atoms with E-state index in [1.807, 2.05) is 32.8 Å². The second kappa shape index (κ2) is 4.63. The molecule has 5 heteroatoms. The molecule has 1 rings (SSSR count). The number of rotatable bonds is 3. The molecule has 1 heterocycles. The molecule has 0 aromatic carbocycles. The van der Waals surface area contributed by atoms with E-state index in [0.717, 1.165) is 5.57 Å². The fraction of sp³-hybridized carbons (Fsp3) is 0.800. The Kier molecular flexibility index (Phi) is 3.92. The molecule has 1 aliphatic heterocycles. The first kappa shape index (κ1) is 12.7. The van der Waals surface area contributed by atoms with Crippen LogP contribution < -0.4 is 0 Å². The normalized spacial score (nSPS) is 25.5. The number of likely N-dealkylation sites (N-methyl/N-ethyl adjacent to an activating group) is 1. The van der Waals surface area contributed by atoms with E-state index < -0.39 is 11.2 Å². The SMILES string of the molecule is CC[S+]([O-])C1C(C(C)C)=C(O)N(C)N1C. The van der Waals surface area contributed by atoms with Gasteiger partial charge in [-0.1, -0.05) is 13.8 Å². The van der Waals surface area contributed by atoms with Gasteiger partial charge < -0.3 is 9.66 Å². The van der Waals surface area contributed by atoms with E-state index in [4.69, 9.17) is 0 Å². The molecule has 0 saturated heterocycles. The van der Waals surface area contributed by atoms with E-state index in [1.54, 1.807) is 12.1 Å². The zero-order chi connectivity index (χ0) is 11.7. The van der Waals surface area contributed by atoms with Crippen LogP contribution in [0.3, 0.4) is 0 Å². The highest BCUT2D eigenvalue weighted by atomic mass is 32.2. The van der Waals surface area contributed by atoms with Crippen molar-refractivity contribution >= 4 is 11.2 Å². The minimum absolute atomic E-state index is 0.181. The van der Waals surface area contributed by atoms with Gasteiger partial charge in [0.05, 0.1) is 5.57 Å². The smallest absolute Gasteiger partial charge is 0.213 e. The molecule has 1 N–H and O–H groups in total. The van der Waals surface area contributed by atoms with Gasteiger partial charge in [0, 0.05) is 14.1 Å². The molecule has 0 aliphatic carbocycles. The van der Waals surface area contributed by atoms with Crippen molar-refractivity contribution in [3.8, 4) is 0 Å². The molecule has 0 aromatic heterocycles. The van der Waals surface area contributed by atoms with Crippen LogP contribution in [0.1, 0.15) is 20.8 Å². The summed E-state index contributed by atoms with van der Waals surface area (Å²) in [5, 5.41) is 13.3. The molecule has 4 nitrogen and oxygen atoms in total. The summed E-state index contributed by atoms with van der Waals surface area (Å²) in [6.45, 7) is 5.92. The molecule has 0 spiro atoms. The Bertz CT molecular complexity index is 268. The molecule has 0 aromatic rings. The third-order valence-electron chi connectivity index (χ3n) is 2.80. The van der Waals surface area contributed by atoms with Crippen molar-refractivity contribution in [2.24, 2.45) is 5.92 Å². The summed E-state index contributed by atoms with van der Waals surface area (Å²) in [5.41, 5.74) is 0.875. The summed E-state index contributed by atoms with van der Waals surface area (Å²) in [7, 11) is 3.63. The van der Waals surface area contributed by atoms with Crippen LogP contribution in [0.25, 0.3) is 0 Å². The van der Waals surface area contributed by atoms with Crippen molar-refractivity contribution in [1.82, 2.24) is 10.0 Å². The summed E-state index contributed by atoms with van der Waals surface area (Å²) < 4.78 is 11.9. The first-order valence-corrected chi connectivity index (χ1v) is 6.56. The summed E-state index contributed by atoms with van der Waals surface area (Å²) in [4.78, 5) is 0. The van der Waals surface area contributed by atoms with Gasteiger partial charge in [-0.2, -0.15) is 5.01 Å². The standard InChI is InChI=1S/C10H20N2O2S/c1-6-15(14)10-8(7(2)3)9(13)11(4)12(10)5/h7,10,13H,6H2,1-5H3. The van der Waals surface area contributed by atoms with E-state index in [2.05, 4.69) is 0 Å². The third kappa shape index (κ3) is 2.09. The Morgan fingerprint density at radius 3 is 2.40 bits per heavy atom. The number of hydrogen-bond donors (Lipinski definition) is 1. The minimum atomic E-state index is -0.958. The predicted octanol–water partition coefficient (Wildman–Crippen LogP) is 1.30. The van der Waals surface area contributed by atoms with Gasteiger partial charge in [0.2, 0.25) is 11.3 Å². The molecule has 0 saturated carbocycles. The van der Waals surface area contributed by atoms with Gasteiger partial charge in [-0.05, 0) is 24.0 Å². The largest absolute Gasteiger partial charge is 0.615 e. The Hall–Kier alpha value is -0.390. The van der Waals surface area contributed by atoms with Gasteiger partial charge in [0.15, 0.2) is 0 Å². The second-order valence-corrected chi connectivity index (χ2v) is 5.84. The number of aliphatic hydroxyl groups excluding tert-OH is 1. The molecule has 1 aliphatic rings. The molecule has 2 unspecified atom stereocenters. The third-order valence-corrected chi connectivity index (χ3v) is 4.43.